The first-order valence-electron chi connectivity index (χ1n) is 8.14. The molecule has 2 aromatic carbocycles. The number of nitro benzene ring substituents is 1. The molecule has 0 unspecified atom stereocenters. The summed E-state index contributed by atoms with van der Waals surface area (Å²) in [7, 11) is 1.29. The fourth-order valence-corrected chi connectivity index (χ4v) is 3.53. The van der Waals surface area contributed by atoms with E-state index in [9.17, 15) is 19.7 Å². The Labute approximate surface area is 163 Å². The minimum Gasteiger partial charge on any atom is -0.468 e. The third-order valence-electron chi connectivity index (χ3n) is 3.81. The summed E-state index contributed by atoms with van der Waals surface area (Å²) in [5, 5.41) is 10.8. The van der Waals surface area contributed by atoms with Gasteiger partial charge in [0.05, 0.1) is 22.2 Å². The van der Waals surface area contributed by atoms with E-state index in [0.29, 0.717) is 10.4 Å². The van der Waals surface area contributed by atoms with Gasteiger partial charge in [-0.05, 0) is 23.8 Å². The third kappa shape index (κ3) is 4.38. The van der Waals surface area contributed by atoms with E-state index >= 15 is 0 Å². The number of esters is 1. The van der Waals surface area contributed by atoms with E-state index in [1.54, 1.807) is 10.6 Å². The highest BCUT2D eigenvalue weighted by molar-refractivity contribution is 7.16. The van der Waals surface area contributed by atoms with Crippen molar-refractivity contribution in [2.75, 3.05) is 7.11 Å². The van der Waals surface area contributed by atoms with Gasteiger partial charge in [0.1, 0.15) is 6.54 Å². The molecule has 142 valence electrons. The van der Waals surface area contributed by atoms with Gasteiger partial charge in [0.25, 0.3) is 11.6 Å². The van der Waals surface area contributed by atoms with Gasteiger partial charge in [-0.1, -0.05) is 35.6 Å². The number of nitro groups is 1. The molecule has 0 saturated carbocycles. The molecule has 9 heteroatoms. The van der Waals surface area contributed by atoms with Crippen LogP contribution in [-0.4, -0.2) is 28.5 Å². The number of benzene rings is 2. The van der Waals surface area contributed by atoms with Crippen LogP contribution >= 0.6 is 11.3 Å². The second-order valence-electron chi connectivity index (χ2n) is 5.65. The van der Waals surface area contributed by atoms with Crippen molar-refractivity contribution in [1.29, 1.82) is 0 Å². The normalized spacial score (nSPS) is 11.8. The molecule has 1 aromatic heterocycles. The lowest BCUT2D eigenvalue weighted by atomic mass is 10.2. The lowest BCUT2D eigenvalue weighted by Crippen LogP contribution is -2.22. The SMILES string of the molecule is COC(=O)Cn1c(=NC(=O)/C=C/c2cccc([N+](=O)[O-])c2)sc2ccccc21. The minimum atomic E-state index is -0.545. The second-order valence-corrected chi connectivity index (χ2v) is 6.66. The summed E-state index contributed by atoms with van der Waals surface area (Å²) in [5.41, 5.74) is 1.22. The van der Waals surface area contributed by atoms with E-state index < -0.39 is 16.8 Å². The molecule has 0 aliphatic rings. The molecule has 3 rings (SSSR count). The second kappa shape index (κ2) is 8.40. The highest BCUT2D eigenvalue weighted by Gasteiger charge is 2.11. The zero-order valence-corrected chi connectivity index (χ0v) is 15.6. The fourth-order valence-electron chi connectivity index (χ4n) is 2.49. The van der Waals surface area contributed by atoms with Gasteiger partial charge in [0, 0.05) is 18.2 Å². The third-order valence-corrected chi connectivity index (χ3v) is 4.87. The Balaban J connectivity index is 1.94. The summed E-state index contributed by atoms with van der Waals surface area (Å²) in [6, 6.07) is 13.3. The topological polar surface area (TPSA) is 104 Å². The zero-order chi connectivity index (χ0) is 20.1. The van der Waals surface area contributed by atoms with Crippen LogP contribution in [0.1, 0.15) is 5.56 Å². The number of aromatic nitrogens is 1. The average molecular weight is 397 g/mol. The maximum atomic E-state index is 12.3. The molecule has 0 N–H and O–H groups in total. The van der Waals surface area contributed by atoms with Crippen LogP contribution in [0.15, 0.2) is 59.6 Å². The number of hydrogen-bond acceptors (Lipinski definition) is 6. The predicted octanol–water partition coefficient (Wildman–Crippen LogP) is 2.92. The summed E-state index contributed by atoms with van der Waals surface area (Å²) in [6.45, 7) is -0.0682. The number of para-hydroxylation sites is 1. The maximum Gasteiger partial charge on any atom is 0.325 e. The van der Waals surface area contributed by atoms with Gasteiger partial charge in [0.15, 0.2) is 4.80 Å². The van der Waals surface area contributed by atoms with Crippen LogP contribution in [0.3, 0.4) is 0 Å². The Hall–Kier alpha value is -3.59. The van der Waals surface area contributed by atoms with Crippen molar-refractivity contribution < 1.29 is 19.2 Å². The van der Waals surface area contributed by atoms with Crippen LogP contribution in [0.4, 0.5) is 5.69 Å². The summed E-state index contributed by atoms with van der Waals surface area (Å²) in [5.74, 6) is -0.999. The molecule has 0 fully saturated rings. The number of non-ortho nitro benzene ring substituents is 1. The molecule has 0 aliphatic carbocycles. The van der Waals surface area contributed by atoms with Crippen molar-refractivity contribution in [3.05, 3.63) is 75.1 Å². The van der Waals surface area contributed by atoms with Crippen LogP contribution in [-0.2, 0) is 20.9 Å². The lowest BCUT2D eigenvalue weighted by molar-refractivity contribution is -0.384. The number of fused-ring (bicyclic) bond motifs is 1. The van der Waals surface area contributed by atoms with Crippen LogP contribution in [0.2, 0.25) is 0 Å². The summed E-state index contributed by atoms with van der Waals surface area (Å²) in [6.07, 6.45) is 2.68. The number of hydrogen-bond donors (Lipinski definition) is 0. The van der Waals surface area contributed by atoms with Gasteiger partial charge >= 0.3 is 5.97 Å². The number of carbonyl (C=O) groups excluding carboxylic acids is 2. The Morgan fingerprint density at radius 1 is 1.25 bits per heavy atom. The van der Waals surface area contributed by atoms with Crippen LogP contribution in [0.5, 0.6) is 0 Å². The van der Waals surface area contributed by atoms with E-state index in [2.05, 4.69) is 4.99 Å². The van der Waals surface area contributed by atoms with E-state index in [-0.39, 0.29) is 12.2 Å². The fraction of sp³-hybridized carbons (Fsp3) is 0.105. The highest BCUT2D eigenvalue weighted by atomic mass is 32.1. The predicted molar refractivity (Wildman–Crippen MR) is 105 cm³/mol. The highest BCUT2D eigenvalue weighted by Crippen LogP contribution is 2.17. The van der Waals surface area contributed by atoms with Gasteiger partial charge in [-0.25, -0.2) is 0 Å². The number of amides is 1. The quantitative estimate of drug-likeness (QED) is 0.285. The van der Waals surface area contributed by atoms with Gasteiger partial charge in [0.2, 0.25) is 0 Å². The Morgan fingerprint density at radius 2 is 2.04 bits per heavy atom. The van der Waals surface area contributed by atoms with Crippen molar-refractivity contribution in [2.24, 2.45) is 4.99 Å². The molecule has 28 heavy (non-hydrogen) atoms. The van der Waals surface area contributed by atoms with E-state index in [1.165, 1.54) is 48.8 Å². The maximum absolute atomic E-state index is 12.3. The number of nitrogens with zero attached hydrogens (tertiary/aromatic N) is 3. The van der Waals surface area contributed by atoms with Crippen molar-refractivity contribution >= 4 is 45.2 Å². The number of rotatable bonds is 5. The molecule has 1 heterocycles. The van der Waals surface area contributed by atoms with E-state index in [4.69, 9.17) is 4.74 Å². The van der Waals surface area contributed by atoms with Crippen LogP contribution < -0.4 is 4.80 Å². The zero-order valence-electron chi connectivity index (χ0n) is 14.8. The first-order chi connectivity index (χ1) is 13.5. The summed E-state index contributed by atoms with van der Waals surface area (Å²) >= 11 is 1.28. The van der Waals surface area contributed by atoms with Crippen LogP contribution in [0.25, 0.3) is 16.3 Å². The number of carbonyl (C=O) groups is 2. The molecule has 3 aromatic rings. The molecule has 0 saturated heterocycles. The largest absolute Gasteiger partial charge is 0.468 e. The molecule has 0 spiro atoms. The minimum absolute atomic E-state index is 0.0630. The van der Waals surface area contributed by atoms with Crippen LogP contribution in [0, 0.1) is 10.1 Å². The molecule has 0 atom stereocenters. The van der Waals surface area contributed by atoms with E-state index in [1.807, 2.05) is 24.3 Å². The molecular weight excluding hydrogens is 382 g/mol. The first kappa shape index (κ1) is 19.2. The standard InChI is InChI=1S/C19H15N3O5S/c1-27-18(24)12-21-15-7-2-3-8-16(15)28-19(21)20-17(23)10-9-13-5-4-6-14(11-13)22(25)26/h2-11H,12H2,1H3/b10-9+,20-19?. The molecule has 8 nitrogen and oxygen atoms in total. The molecule has 0 aliphatic heterocycles. The smallest absolute Gasteiger partial charge is 0.325 e. The van der Waals surface area contributed by atoms with Gasteiger partial charge in [-0.3, -0.25) is 19.7 Å². The van der Waals surface area contributed by atoms with E-state index in [0.717, 1.165) is 10.2 Å². The molecule has 1 amide bonds. The van der Waals surface area contributed by atoms with Crippen molar-refractivity contribution in [3.63, 3.8) is 0 Å². The molecular formula is C19H15N3O5S. The number of methoxy groups -OCH3 is 1. The molecule has 0 radical (unpaired) electrons. The van der Waals surface area contributed by atoms with Gasteiger partial charge in [-0.2, -0.15) is 4.99 Å². The first-order valence-corrected chi connectivity index (χ1v) is 8.96. The van der Waals surface area contributed by atoms with Gasteiger partial charge < -0.3 is 9.30 Å². The Morgan fingerprint density at radius 3 is 2.79 bits per heavy atom. The molecule has 0 bridgehead atoms. The summed E-state index contributed by atoms with van der Waals surface area (Å²) in [4.78, 5) is 38.8. The van der Waals surface area contributed by atoms with Crippen molar-refractivity contribution in [3.8, 4) is 0 Å². The number of ether oxygens (including phenoxy) is 1. The van der Waals surface area contributed by atoms with Crippen molar-refractivity contribution in [2.45, 2.75) is 6.54 Å². The summed E-state index contributed by atoms with van der Waals surface area (Å²) < 4.78 is 7.21. The average Bonchev–Trinajstić information content (AvgIpc) is 3.03. The Kier molecular flexibility index (Phi) is 5.75. The van der Waals surface area contributed by atoms with Crippen molar-refractivity contribution in [1.82, 2.24) is 4.57 Å². The Bertz CT molecular complexity index is 1160. The lowest BCUT2D eigenvalue weighted by Gasteiger charge is -2.02. The monoisotopic (exact) mass is 397 g/mol. The number of thiazole rings is 1. The van der Waals surface area contributed by atoms with Gasteiger partial charge in [-0.15, -0.1) is 0 Å².